The van der Waals surface area contributed by atoms with Gasteiger partial charge in [-0.25, -0.2) is 0 Å². The lowest BCUT2D eigenvalue weighted by molar-refractivity contribution is -0.136. The molecule has 5 heteroatoms. The molecule has 0 radical (unpaired) electrons. The van der Waals surface area contributed by atoms with E-state index < -0.39 is 18.6 Å². The molecule has 2 nitrogen and oxygen atoms in total. The Kier molecular flexibility index (Phi) is 5.59. The lowest BCUT2D eigenvalue weighted by Crippen LogP contribution is -2.29. The Hall–Kier alpha value is -0.290. The first kappa shape index (κ1) is 14.7. The molecule has 0 aromatic carbocycles. The number of hydrogen-bond donors (Lipinski definition) is 1. The fraction of sp³-hybridized carbons (Fsp3) is 1.00. The molecule has 0 heterocycles. The number of nitrogens with two attached hydrogens (primary N) is 1. The predicted molar refractivity (Wildman–Crippen MR) is 53.6 cm³/mol. The summed E-state index contributed by atoms with van der Waals surface area (Å²) in [5.74, 6) is 0. The van der Waals surface area contributed by atoms with Gasteiger partial charge in [0, 0.05) is 19.6 Å². The summed E-state index contributed by atoms with van der Waals surface area (Å²) in [7, 11) is 1.58. The smallest absolute Gasteiger partial charge is 0.379 e. The molecule has 0 aromatic heterocycles. The number of methoxy groups -OCH3 is 1. The van der Waals surface area contributed by atoms with Gasteiger partial charge in [0.25, 0.3) is 0 Å². The summed E-state index contributed by atoms with van der Waals surface area (Å²) in [6.45, 7) is 3.78. The summed E-state index contributed by atoms with van der Waals surface area (Å²) in [4.78, 5) is 0. The van der Waals surface area contributed by atoms with Crippen LogP contribution in [0.2, 0.25) is 0 Å². The minimum Gasteiger partial charge on any atom is -0.379 e. The van der Waals surface area contributed by atoms with E-state index in [1.54, 1.807) is 7.11 Å². The van der Waals surface area contributed by atoms with Gasteiger partial charge < -0.3 is 10.5 Å². The molecule has 0 spiro atoms. The quantitative estimate of drug-likeness (QED) is 0.757. The van der Waals surface area contributed by atoms with E-state index in [1.165, 1.54) is 0 Å². The lowest BCUT2D eigenvalue weighted by Gasteiger charge is -2.24. The van der Waals surface area contributed by atoms with E-state index >= 15 is 0 Å². The number of rotatable bonds is 6. The molecule has 0 saturated carbocycles. The van der Waals surface area contributed by atoms with Gasteiger partial charge in [0.05, 0.1) is 5.60 Å². The Labute approximate surface area is 89.0 Å². The van der Waals surface area contributed by atoms with Crippen LogP contribution in [-0.2, 0) is 4.74 Å². The molecule has 0 aromatic rings. The SMILES string of the molecule is COC(C)(C)CCC(N)CCC(F)(F)F. The largest absolute Gasteiger partial charge is 0.389 e. The van der Waals surface area contributed by atoms with Crippen molar-refractivity contribution in [3.63, 3.8) is 0 Å². The van der Waals surface area contributed by atoms with Crippen molar-refractivity contribution < 1.29 is 17.9 Å². The van der Waals surface area contributed by atoms with Crippen molar-refractivity contribution in [2.45, 2.75) is 57.3 Å². The number of hydrogen-bond acceptors (Lipinski definition) is 2. The summed E-state index contributed by atoms with van der Waals surface area (Å²) in [5, 5.41) is 0. The highest BCUT2D eigenvalue weighted by Crippen LogP contribution is 2.24. The normalized spacial score (nSPS) is 15.4. The first-order valence-electron chi connectivity index (χ1n) is 5.04. The highest BCUT2D eigenvalue weighted by Gasteiger charge is 2.28. The number of alkyl halides is 3. The molecule has 0 fully saturated rings. The summed E-state index contributed by atoms with van der Waals surface area (Å²) in [6, 6.07) is -0.402. The van der Waals surface area contributed by atoms with E-state index in [-0.39, 0.29) is 12.0 Å². The van der Waals surface area contributed by atoms with Crippen LogP contribution >= 0.6 is 0 Å². The molecule has 0 rings (SSSR count). The van der Waals surface area contributed by atoms with Crippen LogP contribution in [0.3, 0.4) is 0 Å². The van der Waals surface area contributed by atoms with E-state index in [4.69, 9.17) is 10.5 Å². The summed E-state index contributed by atoms with van der Waals surface area (Å²) < 4.78 is 40.8. The third kappa shape index (κ3) is 8.69. The zero-order valence-electron chi connectivity index (χ0n) is 9.53. The summed E-state index contributed by atoms with van der Waals surface area (Å²) in [6.07, 6.45) is -3.70. The van der Waals surface area contributed by atoms with Crippen molar-refractivity contribution in [3.05, 3.63) is 0 Å². The average molecular weight is 227 g/mol. The topological polar surface area (TPSA) is 35.2 Å². The second kappa shape index (κ2) is 5.70. The molecule has 0 saturated heterocycles. The maximum Gasteiger partial charge on any atom is 0.389 e. The van der Waals surface area contributed by atoms with Gasteiger partial charge in [-0.3, -0.25) is 0 Å². The second-order valence-corrected chi connectivity index (χ2v) is 4.42. The molecular formula is C10H20F3NO. The molecule has 0 aliphatic carbocycles. The average Bonchev–Trinajstić information content (AvgIpc) is 2.10. The number of halogens is 3. The Morgan fingerprint density at radius 1 is 1.13 bits per heavy atom. The minimum atomic E-state index is -4.10. The lowest BCUT2D eigenvalue weighted by atomic mass is 9.97. The van der Waals surface area contributed by atoms with Crippen molar-refractivity contribution >= 4 is 0 Å². The Balaban J connectivity index is 3.71. The molecule has 2 N–H and O–H groups in total. The molecule has 0 aliphatic heterocycles. The van der Waals surface area contributed by atoms with Crippen LogP contribution in [0.25, 0.3) is 0 Å². The van der Waals surface area contributed by atoms with Crippen molar-refractivity contribution in [2.75, 3.05) is 7.11 Å². The van der Waals surface area contributed by atoms with Gasteiger partial charge in [0.2, 0.25) is 0 Å². The fourth-order valence-corrected chi connectivity index (χ4v) is 1.13. The van der Waals surface area contributed by atoms with E-state index in [2.05, 4.69) is 0 Å². The zero-order valence-corrected chi connectivity index (χ0v) is 9.53. The monoisotopic (exact) mass is 227 g/mol. The van der Waals surface area contributed by atoms with Gasteiger partial charge in [0.15, 0.2) is 0 Å². The summed E-state index contributed by atoms with van der Waals surface area (Å²) >= 11 is 0. The maximum atomic E-state index is 11.9. The van der Waals surface area contributed by atoms with Gasteiger partial charge in [-0.15, -0.1) is 0 Å². The molecule has 0 aliphatic rings. The van der Waals surface area contributed by atoms with Crippen molar-refractivity contribution in [2.24, 2.45) is 5.73 Å². The molecule has 15 heavy (non-hydrogen) atoms. The Morgan fingerprint density at radius 2 is 1.60 bits per heavy atom. The van der Waals surface area contributed by atoms with Gasteiger partial charge in [0.1, 0.15) is 0 Å². The van der Waals surface area contributed by atoms with Crippen LogP contribution in [0.5, 0.6) is 0 Å². The van der Waals surface area contributed by atoms with E-state index in [0.29, 0.717) is 12.8 Å². The minimum absolute atomic E-state index is 0.0106. The van der Waals surface area contributed by atoms with Crippen LogP contribution < -0.4 is 5.73 Å². The van der Waals surface area contributed by atoms with Gasteiger partial charge >= 0.3 is 6.18 Å². The molecular weight excluding hydrogens is 207 g/mol. The first-order valence-corrected chi connectivity index (χ1v) is 5.04. The van der Waals surface area contributed by atoms with Gasteiger partial charge in [-0.05, 0) is 33.1 Å². The van der Waals surface area contributed by atoms with Gasteiger partial charge in [-0.2, -0.15) is 13.2 Å². The van der Waals surface area contributed by atoms with E-state index in [0.717, 1.165) is 0 Å². The molecule has 1 unspecified atom stereocenters. The molecule has 0 amide bonds. The molecule has 1 atom stereocenters. The van der Waals surface area contributed by atoms with Crippen LogP contribution in [0.15, 0.2) is 0 Å². The maximum absolute atomic E-state index is 11.9. The highest BCUT2D eigenvalue weighted by molar-refractivity contribution is 4.73. The van der Waals surface area contributed by atoms with E-state index in [1.807, 2.05) is 13.8 Å². The molecule has 92 valence electrons. The first-order chi connectivity index (χ1) is 6.66. The summed E-state index contributed by atoms with van der Waals surface area (Å²) in [5.41, 5.74) is 5.28. The Morgan fingerprint density at radius 3 is 2.00 bits per heavy atom. The zero-order chi connectivity index (χ0) is 12.1. The third-order valence-corrected chi connectivity index (χ3v) is 2.47. The van der Waals surface area contributed by atoms with E-state index in [9.17, 15) is 13.2 Å². The van der Waals surface area contributed by atoms with Crippen molar-refractivity contribution in [3.8, 4) is 0 Å². The predicted octanol–water partition coefficient (Wildman–Crippen LogP) is 2.86. The van der Waals surface area contributed by atoms with Crippen LogP contribution in [0, 0.1) is 0 Å². The standard InChI is InChI=1S/C10H20F3NO/c1-9(2,15-3)6-4-8(14)5-7-10(11,12)13/h8H,4-7,14H2,1-3H3. The highest BCUT2D eigenvalue weighted by atomic mass is 19.4. The van der Waals surface area contributed by atoms with Crippen molar-refractivity contribution in [1.82, 2.24) is 0 Å². The molecule has 0 bridgehead atoms. The van der Waals surface area contributed by atoms with Crippen LogP contribution in [0.1, 0.15) is 39.5 Å². The Bertz CT molecular complexity index is 180. The van der Waals surface area contributed by atoms with Crippen molar-refractivity contribution in [1.29, 1.82) is 0 Å². The van der Waals surface area contributed by atoms with Gasteiger partial charge in [-0.1, -0.05) is 0 Å². The fourth-order valence-electron chi connectivity index (χ4n) is 1.13. The number of ether oxygens (including phenoxy) is 1. The van der Waals surface area contributed by atoms with Crippen LogP contribution in [-0.4, -0.2) is 24.9 Å². The second-order valence-electron chi connectivity index (χ2n) is 4.42. The third-order valence-electron chi connectivity index (χ3n) is 2.47. The van der Waals surface area contributed by atoms with Crippen LogP contribution in [0.4, 0.5) is 13.2 Å².